The number of carbonyl (C=O) groups excluding carboxylic acids is 1. The van der Waals surface area contributed by atoms with E-state index in [-0.39, 0.29) is 11.4 Å². The van der Waals surface area contributed by atoms with Gasteiger partial charge in [0.25, 0.3) is 0 Å². The number of carbonyl (C=O) groups is 1. The van der Waals surface area contributed by atoms with Crippen LogP contribution in [0.4, 0.5) is 0 Å². The van der Waals surface area contributed by atoms with Gasteiger partial charge in [0.1, 0.15) is 0 Å². The van der Waals surface area contributed by atoms with Gasteiger partial charge >= 0.3 is 5.97 Å². The molecule has 0 spiro atoms. The van der Waals surface area contributed by atoms with Crippen LogP contribution in [0.25, 0.3) is 0 Å². The topological polar surface area (TPSA) is 26.3 Å². The van der Waals surface area contributed by atoms with Crippen LogP contribution in [0, 0.1) is 17.3 Å². The third kappa shape index (κ3) is 2.15. The molecule has 20 heavy (non-hydrogen) atoms. The van der Waals surface area contributed by atoms with Crippen LogP contribution in [-0.4, -0.2) is 13.1 Å². The maximum atomic E-state index is 12.7. The van der Waals surface area contributed by atoms with E-state index < -0.39 is 0 Å². The minimum absolute atomic E-state index is 0.0377. The number of ether oxygens (including phenoxy) is 1. The smallest absolute Gasteiger partial charge is 0.312 e. The SMILES string of the molecule is COC(=O)C1(Cc2ccccc2)C2CCCC1CCC2. The third-order valence-corrected chi connectivity index (χ3v) is 5.57. The van der Waals surface area contributed by atoms with Gasteiger partial charge in [-0.2, -0.15) is 0 Å². The van der Waals surface area contributed by atoms with E-state index in [1.165, 1.54) is 44.1 Å². The van der Waals surface area contributed by atoms with Gasteiger partial charge in [0.15, 0.2) is 0 Å². The minimum atomic E-state index is -0.257. The first-order valence-electron chi connectivity index (χ1n) is 7.89. The Hall–Kier alpha value is -1.31. The molecule has 3 rings (SSSR count). The van der Waals surface area contributed by atoms with E-state index in [1.54, 1.807) is 7.11 Å². The summed E-state index contributed by atoms with van der Waals surface area (Å²) < 4.78 is 5.26. The Bertz CT molecular complexity index is 444. The van der Waals surface area contributed by atoms with E-state index in [0.717, 1.165) is 6.42 Å². The summed E-state index contributed by atoms with van der Waals surface area (Å²) in [6.07, 6.45) is 8.19. The highest BCUT2D eigenvalue weighted by Crippen LogP contribution is 2.55. The fourth-order valence-electron chi connectivity index (χ4n) is 4.69. The Labute approximate surface area is 121 Å². The zero-order chi connectivity index (χ0) is 14.0. The molecule has 1 aromatic rings. The summed E-state index contributed by atoms with van der Waals surface area (Å²) in [7, 11) is 1.55. The molecule has 2 nitrogen and oxygen atoms in total. The van der Waals surface area contributed by atoms with Crippen molar-refractivity contribution >= 4 is 5.97 Å². The van der Waals surface area contributed by atoms with Crippen molar-refractivity contribution in [1.82, 2.24) is 0 Å². The van der Waals surface area contributed by atoms with Gasteiger partial charge in [-0.1, -0.05) is 43.2 Å². The number of methoxy groups -OCH3 is 1. The molecule has 0 aliphatic heterocycles. The monoisotopic (exact) mass is 272 g/mol. The van der Waals surface area contributed by atoms with Gasteiger partial charge in [-0.25, -0.2) is 0 Å². The van der Waals surface area contributed by atoms with Crippen LogP contribution in [0.3, 0.4) is 0 Å². The van der Waals surface area contributed by atoms with Crippen LogP contribution in [0.1, 0.15) is 44.1 Å². The fraction of sp³-hybridized carbons (Fsp3) is 0.611. The second-order valence-corrected chi connectivity index (χ2v) is 6.45. The molecular formula is C18H24O2. The summed E-state index contributed by atoms with van der Waals surface area (Å²) in [5.74, 6) is 1.07. The molecule has 2 aliphatic rings. The summed E-state index contributed by atoms with van der Waals surface area (Å²) in [5.41, 5.74) is 1.02. The molecule has 2 heteroatoms. The molecule has 0 N–H and O–H groups in total. The fourth-order valence-corrected chi connectivity index (χ4v) is 4.69. The van der Waals surface area contributed by atoms with Crippen molar-refractivity contribution in [2.75, 3.05) is 7.11 Å². The first-order chi connectivity index (χ1) is 9.77. The van der Waals surface area contributed by atoms with Crippen molar-refractivity contribution in [3.8, 4) is 0 Å². The van der Waals surface area contributed by atoms with Gasteiger partial charge in [-0.05, 0) is 49.5 Å². The quantitative estimate of drug-likeness (QED) is 0.778. The van der Waals surface area contributed by atoms with E-state index >= 15 is 0 Å². The maximum absolute atomic E-state index is 12.7. The largest absolute Gasteiger partial charge is 0.469 e. The number of rotatable bonds is 3. The van der Waals surface area contributed by atoms with Crippen molar-refractivity contribution < 1.29 is 9.53 Å². The number of fused-ring (bicyclic) bond motifs is 2. The Morgan fingerprint density at radius 1 is 1.10 bits per heavy atom. The summed E-state index contributed by atoms with van der Waals surface area (Å²) >= 11 is 0. The number of hydrogen-bond acceptors (Lipinski definition) is 2. The summed E-state index contributed by atoms with van der Waals surface area (Å²) in [4.78, 5) is 12.7. The summed E-state index contributed by atoms with van der Waals surface area (Å²) in [5, 5.41) is 0. The molecule has 0 heterocycles. The van der Waals surface area contributed by atoms with Crippen molar-refractivity contribution in [2.45, 2.75) is 44.9 Å². The first-order valence-corrected chi connectivity index (χ1v) is 7.89. The molecule has 1 aromatic carbocycles. The van der Waals surface area contributed by atoms with Crippen LogP contribution in [0.15, 0.2) is 30.3 Å². The molecule has 0 unspecified atom stereocenters. The molecular weight excluding hydrogens is 248 g/mol. The van der Waals surface area contributed by atoms with Crippen LogP contribution in [0.2, 0.25) is 0 Å². The Kier molecular flexibility index (Phi) is 3.82. The lowest BCUT2D eigenvalue weighted by molar-refractivity contribution is -0.168. The third-order valence-electron chi connectivity index (χ3n) is 5.57. The zero-order valence-corrected chi connectivity index (χ0v) is 12.3. The first kappa shape index (κ1) is 13.7. The maximum Gasteiger partial charge on any atom is 0.312 e. The van der Waals surface area contributed by atoms with E-state index in [1.807, 2.05) is 6.07 Å². The van der Waals surface area contributed by atoms with Crippen molar-refractivity contribution in [3.05, 3.63) is 35.9 Å². The highest BCUT2D eigenvalue weighted by atomic mass is 16.5. The second kappa shape index (κ2) is 5.59. The second-order valence-electron chi connectivity index (χ2n) is 6.45. The highest BCUT2D eigenvalue weighted by molar-refractivity contribution is 5.78. The number of benzene rings is 1. The van der Waals surface area contributed by atoms with Gasteiger partial charge in [0, 0.05) is 0 Å². The van der Waals surface area contributed by atoms with Gasteiger partial charge in [0.05, 0.1) is 12.5 Å². The Morgan fingerprint density at radius 2 is 1.65 bits per heavy atom. The van der Waals surface area contributed by atoms with Crippen LogP contribution in [-0.2, 0) is 16.0 Å². The van der Waals surface area contributed by atoms with E-state index in [9.17, 15) is 4.79 Å². The number of esters is 1. The van der Waals surface area contributed by atoms with E-state index in [4.69, 9.17) is 4.74 Å². The van der Waals surface area contributed by atoms with Gasteiger partial charge in [-0.3, -0.25) is 4.79 Å². The molecule has 108 valence electrons. The highest BCUT2D eigenvalue weighted by Gasteiger charge is 2.55. The zero-order valence-electron chi connectivity index (χ0n) is 12.3. The lowest BCUT2D eigenvalue weighted by atomic mass is 9.52. The van der Waals surface area contributed by atoms with Crippen LogP contribution >= 0.6 is 0 Å². The minimum Gasteiger partial charge on any atom is -0.469 e. The van der Waals surface area contributed by atoms with Gasteiger partial charge in [-0.15, -0.1) is 0 Å². The molecule has 0 radical (unpaired) electrons. The normalized spacial score (nSPS) is 32.6. The summed E-state index contributed by atoms with van der Waals surface area (Å²) in [6, 6.07) is 10.5. The molecule has 0 atom stereocenters. The molecule has 0 aromatic heterocycles. The number of hydrogen-bond donors (Lipinski definition) is 0. The molecule has 0 amide bonds. The van der Waals surface area contributed by atoms with Crippen LogP contribution in [0.5, 0.6) is 0 Å². The van der Waals surface area contributed by atoms with Gasteiger partial charge < -0.3 is 4.74 Å². The van der Waals surface area contributed by atoms with E-state index in [2.05, 4.69) is 24.3 Å². The standard InChI is InChI=1S/C18H24O2/c1-20-17(19)18(13-14-7-3-2-4-8-14)15-9-5-10-16(18)12-6-11-15/h2-4,7-8,15-16H,5-6,9-13H2,1H3. The van der Waals surface area contributed by atoms with Crippen LogP contribution < -0.4 is 0 Å². The predicted molar refractivity (Wildman–Crippen MR) is 79.3 cm³/mol. The lowest BCUT2D eigenvalue weighted by Crippen LogP contribution is -2.52. The molecule has 2 bridgehead atoms. The van der Waals surface area contributed by atoms with Crippen molar-refractivity contribution in [3.63, 3.8) is 0 Å². The lowest BCUT2D eigenvalue weighted by Gasteiger charge is -2.51. The van der Waals surface area contributed by atoms with E-state index in [0.29, 0.717) is 11.8 Å². The van der Waals surface area contributed by atoms with Crippen molar-refractivity contribution in [2.24, 2.45) is 17.3 Å². The van der Waals surface area contributed by atoms with Crippen molar-refractivity contribution in [1.29, 1.82) is 0 Å². The Morgan fingerprint density at radius 3 is 2.15 bits per heavy atom. The average molecular weight is 272 g/mol. The van der Waals surface area contributed by atoms with Gasteiger partial charge in [0.2, 0.25) is 0 Å². The molecule has 2 aliphatic carbocycles. The summed E-state index contributed by atoms with van der Waals surface area (Å²) in [6.45, 7) is 0. The molecule has 0 saturated heterocycles. The Balaban J connectivity index is 1.98. The molecule has 2 fully saturated rings. The predicted octanol–water partition coefficient (Wildman–Crippen LogP) is 3.99. The molecule has 2 saturated carbocycles. The average Bonchev–Trinajstić information content (AvgIpc) is 2.47.